The summed E-state index contributed by atoms with van der Waals surface area (Å²) in [4.78, 5) is 6.12. The molecule has 1 unspecified atom stereocenters. The van der Waals surface area contributed by atoms with Crippen molar-refractivity contribution < 1.29 is 4.74 Å². The summed E-state index contributed by atoms with van der Waals surface area (Å²) in [6, 6.07) is 0. The molecule has 1 atom stereocenters. The molecule has 4 heteroatoms. The molecule has 3 nitrogen and oxygen atoms in total. The van der Waals surface area contributed by atoms with Gasteiger partial charge in [0, 0.05) is 18.5 Å². The Bertz CT molecular complexity index is 385. The lowest BCUT2D eigenvalue weighted by molar-refractivity contribution is 0.0352. The van der Waals surface area contributed by atoms with Crippen LogP contribution in [0.2, 0.25) is 0 Å². The van der Waals surface area contributed by atoms with E-state index in [9.17, 15) is 0 Å². The van der Waals surface area contributed by atoms with Crippen LogP contribution in [0.1, 0.15) is 60.7 Å². The lowest BCUT2D eigenvalue weighted by Gasteiger charge is -2.27. The predicted molar refractivity (Wildman–Crippen MR) is 80.6 cm³/mol. The zero-order valence-corrected chi connectivity index (χ0v) is 13.2. The Morgan fingerprint density at radius 2 is 2.11 bits per heavy atom. The third-order valence-electron chi connectivity index (χ3n) is 4.02. The van der Waals surface area contributed by atoms with E-state index in [0.717, 1.165) is 13.1 Å². The molecule has 1 aliphatic rings. The largest absolute Gasteiger partial charge is 0.374 e. The first-order valence-electron chi connectivity index (χ1n) is 7.46. The number of ether oxygens (including phenoxy) is 1. The maximum absolute atomic E-state index is 5.78. The van der Waals surface area contributed by atoms with Crippen molar-refractivity contribution in [2.45, 2.75) is 58.6 Å². The van der Waals surface area contributed by atoms with Crippen LogP contribution in [0.15, 0.2) is 0 Å². The van der Waals surface area contributed by atoms with E-state index in [-0.39, 0.29) is 6.10 Å². The van der Waals surface area contributed by atoms with Crippen LogP contribution < -0.4 is 5.32 Å². The molecule has 1 aromatic heterocycles. The molecule has 19 heavy (non-hydrogen) atoms. The Labute approximate surface area is 120 Å². The lowest BCUT2D eigenvalue weighted by Crippen LogP contribution is -2.17. The lowest BCUT2D eigenvalue weighted by atomic mass is 9.85. The predicted octanol–water partition coefficient (Wildman–Crippen LogP) is 3.83. The molecule has 0 amide bonds. The van der Waals surface area contributed by atoms with Gasteiger partial charge in [-0.05, 0) is 32.2 Å². The van der Waals surface area contributed by atoms with Crippen LogP contribution in [-0.2, 0) is 11.3 Å². The monoisotopic (exact) mass is 282 g/mol. The third kappa shape index (κ3) is 3.77. The molecule has 1 fully saturated rings. The molecule has 1 aromatic rings. The quantitative estimate of drug-likeness (QED) is 0.861. The standard InChI is InChI=1S/C15H26N2OS/c1-4-16-10-13-11(2)17-15(19-13)14(18-3)12-8-6-5-7-9-12/h12,14,16H,4-10H2,1-3H3. The molecule has 1 N–H and O–H groups in total. The van der Waals surface area contributed by atoms with Crippen LogP contribution in [-0.4, -0.2) is 18.6 Å². The number of hydrogen-bond donors (Lipinski definition) is 1. The second-order valence-electron chi connectivity index (χ2n) is 5.40. The van der Waals surface area contributed by atoms with Crippen molar-refractivity contribution in [2.24, 2.45) is 5.92 Å². The van der Waals surface area contributed by atoms with Gasteiger partial charge in [0.25, 0.3) is 0 Å². The van der Waals surface area contributed by atoms with E-state index >= 15 is 0 Å². The first-order chi connectivity index (χ1) is 9.26. The number of methoxy groups -OCH3 is 1. The van der Waals surface area contributed by atoms with Gasteiger partial charge < -0.3 is 10.1 Å². The number of nitrogens with zero attached hydrogens (tertiary/aromatic N) is 1. The molecule has 1 aliphatic carbocycles. The van der Waals surface area contributed by atoms with E-state index in [1.165, 1.54) is 47.7 Å². The Hall–Kier alpha value is -0.450. The molecule has 1 heterocycles. The second-order valence-corrected chi connectivity index (χ2v) is 6.51. The molecule has 0 aliphatic heterocycles. The number of rotatable bonds is 6. The zero-order valence-electron chi connectivity index (χ0n) is 12.4. The fraction of sp³-hybridized carbons (Fsp3) is 0.800. The summed E-state index contributed by atoms with van der Waals surface area (Å²) in [7, 11) is 1.83. The first kappa shape index (κ1) is 14.9. The number of aromatic nitrogens is 1. The molecule has 1 saturated carbocycles. The smallest absolute Gasteiger partial charge is 0.122 e. The van der Waals surface area contributed by atoms with Crippen molar-refractivity contribution in [1.82, 2.24) is 10.3 Å². The van der Waals surface area contributed by atoms with Crippen LogP contribution >= 0.6 is 11.3 Å². The van der Waals surface area contributed by atoms with Gasteiger partial charge in [0.05, 0.1) is 5.69 Å². The molecular weight excluding hydrogens is 256 g/mol. The van der Waals surface area contributed by atoms with Crippen molar-refractivity contribution >= 4 is 11.3 Å². The Morgan fingerprint density at radius 3 is 2.74 bits per heavy atom. The fourth-order valence-corrected chi connectivity index (χ4v) is 4.11. The molecule has 0 spiro atoms. The van der Waals surface area contributed by atoms with Crippen LogP contribution in [0.25, 0.3) is 0 Å². The molecule has 108 valence electrons. The van der Waals surface area contributed by atoms with Gasteiger partial charge in [0.2, 0.25) is 0 Å². The van der Waals surface area contributed by atoms with Crippen molar-refractivity contribution in [3.05, 3.63) is 15.6 Å². The zero-order chi connectivity index (χ0) is 13.7. The SMILES string of the molecule is CCNCc1sc(C(OC)C2CCCCC2)nc1C. The molecule has 0 radical (unpaired) electrons. The van der Waals surface area contributed by atoms with E-state index in [1.807, 2.05) is 18.4 Å². The number of thiazole rings is 1. The van der Waals surface area contributed by atoms with Gasteiger partial charge in [0.1, 0.15) is 11.1 Å². The van der Waals surface area contributed by atoms with E-state index in [1.54, 1.807) is 0 Å². The average molecular weight is 282 g/mol. The summed E-state index contributed by atoms with van der Waals surface area (Å²) >= 11 is 1.83. The highest BCUT2D eigenvalue weighted by atomic mass is 32.1. The summed E-state index contributed by atoms with van der Waals surface area (Å²) < 4.78 is 5.78. The van der Waals surface area contributed by atoms with E-state index in [0.29, 0.717) is 5.92 Å². The average Bonchev–Trinajstić information content (AvgIpc) is 2.79. The Kier molecular flexibility index (Phi) is 5.79. The van der Waals surface area contributed by atoms with Gasteiger partial charge in [0.15, 0.2) is 0 Å². The van der Waals surface area contributed by atoms with Crippen molar-refractivity contribution in [1.29, 1.82) is 0 Å². The molecule has 0 saturated heterocycles. The summed E-state index contributed by atoms with van der Waals surface area (Å²) in [6.45, 7) is 6.18. The maximum Gasteiger partial charge on any atom is 0.122 e. The minimum atomic E-state index is 0.208. The first-order valence-corrected chi connectivity index (χ1v) is 8.27. The molecule has 0 bridgehead atoms. The van der Waals surface area contributed by atoms with Crippen LogP contribution in [0.3, 0.4) is 0 Å². The fourth-order valence-electron chi connectivity index (χ4n) is 2.91. The Balaban J connectivity index is 2.09. The van der Waals surface area contributed by atoms with Gasteiger partial charge in [-0.1, -0.05) is 26.2 Å². The van der Waals surface area contributed by atoms with E-state index < -0.39 is 0 Å². The number of hydrogen-bond acceptors (Lipinski definition) is 4. The minimum Gasteiger partial charge on any atom is -0.374 e. The topological polar surface area (TPSA) is 34.1 Å². The van der Waals surface area contributed by atoms with E-state index in [2.05, 4.69) is 19.2 Å². The van der Waals surface area contributed by atoms with Crippen LogP contribution in [0, 0.1) is 12.8 Å². The summed E-state index contributed by atoms with van der Waals surface area (Å²) in [5, 5.41) is 4.57. The van der Waals surface area contributed by atoms with Crippen molar-refractivity contribution in [3.63, 3.8) is 0 Å². The van der Waals surface area contributed by atoms with Gasteiger partial charge >= 0.3 is 0 Å². The van der Waals surface area contributed by atoms with Crippen LogP contribution in [0.5, 0.6) is 0 Å². The van der Waals surface area contributed by atoms with Crippen molar-refractivity contribution in [2.75, 3.05) is 13.7 Å². The van der Waals surface area contributed by atoms with Gasteiger partial charge in [-0.25, -0.2) is 4.98 Å². The van der Waals surface area contributed by atoms with Gasteiger partial charge in [-0.15, -0.1) is 11.3 Å². The summed E-state index contributed by atoms with van der Waals surface area (Å²) in [6.07, 6.45) is 6.87. The normalized spacial score (nSPS) is 18.7. The number of nitrogens with one attached hydrogen (secondary N) is 1. The highest BCUT2D eigenvalue weighted by molar-refractivity contribution is 7.11. The Morgan fingerprint density at radius 1 is 1.37 bits per heavy atom. The molecular formula is C15H26N2OS. The van der Waals surface area contributed by atoms with Gasteiger partial charge in [-0.2, -0.15) is 0 Å². The van der Waals surface area contributed by atoms with Crippen LogP contribution in [0.4, 0.5) is 0 Å². The minimum absolute atomic E-state index is 0.208. The summed E-state index contributed by atoms with van der Waals surface area (Å²) in [5.74, 6) is 0.663. The number of aryl methyl sites for hydroxylation is 1. The highest BCUT2D eigenvalue weighted by Gasteiger charge is 2.27. The maximum atomic E-state index is 5.78. The highest BCUT2D eigenvalue weighted by Crippen LogP contribution is 2.38. The molecule has 2 rings (SSSR count). The van der Waals surface area contributed by atoms with Crippen molar-refractivity contribution in [3.8, 4) is 0 Å². The summed E-state index contributed by atoms with van der Waals surface area (Å²) in [5.41, 5.74) is 1.17. The van der Waals surface area contributed by atoms with E-state index in [4.69, 9.17) is 9.72 Å². The third-order valence-corrected chi connectivity index (χ3v) is 5.24. The van der Waals surface area contributed by atoms with Gasteiger partial charge in [-0.3, -0.25) is 0 Å². The second kappa shape index (κ2) is 7.36. The molecule has 0 aromatic carbocycles.